The van der Waals surface area contributed by atoms with E-state index in [9.17, 15) is 14.0 Å². The topological polar surface area (TPSA) is 77.7 Å². The molecule has 2 unspecified atom stereocenters. The number of nitrogens with one attached hydrogen (secondary N) is 2. The summed E-state index contributed by atoms with van der Waals surface area (Å²) in [7, 11) is 0. The molecule has 2 amide bonds. The minimum absolute atomic E-state index is 0.00489. The molecule has 0 saturated carbocycles. The van der Waals surface area contributed by atoms with E-state index in [1.54, 1.807) is 23.2 Å². The third-order valence-electron chi connectivity index (χ3n) is 8.55. The Morgan fingerprint density at radius 3 is 2.58 bits per heavy atom. The molecule has 4 aromatic rings. The first kappa shape index (κ1) is 31.9. The molecule has 2 atom stereocenters. The van der Waals surface area contributed by atoms with Gasteiger partial charge in [-0.05, 0) is 61.9 Å². The van der Waals surface area contributed by atoms with Crippen molar-refractivity contribution in [1.29, 1.82) is 0 Å². The molecule has 3 heterocycles. The lowest BCUT2D eigenvalue weighted by atomic mass is 9.91. The van der Waals surface area contributed by atoms with Gasteiger partial charge in [0.05, 0.1) is 30.7 Å². The van der Waals surface area contributed by atoms with Crippen molar-refractivity contribution in [2.75, 3.05) is 39.4 Å². The first-order chi connectivity index (χ1) is 21.7. The lowest BCUT2D eigenvalue weighted by Crippen LogP contribution is -2.48. The van der Waals surface area contributed by atoms with Crippen LogP contribution in [-0.2, 0) is 20.9 Å². The third-order valence-corrected chi connectivity index (χ3v) is 10.5. The number of aromatic amines is 1. The average molecular weight is 670 g/mol. The van der Waals surface area contributed by atoms with E-state index in [4.69, 9.17) is 27.9 Å². The standard InChI is InChI=1S/C34H35Cl2FN4O3S/c1-22-3-9-25(10-4-22)45-34(33(43)38-11-2-12-40-13-15-44-16-14-40)19-31(42)41(21-23-5-7-24(35)8-6-23)32(34)27-20-39-30-18-28(36)29(37)17-26(27)30/h3-10,17-18,20,32,39H,2,11-16,19,21H2,1H3,(H,38,43). The van der Waals surface area contributed by atoms with Crippen LogP contribution >= 0.6 is 35.0 Å². The van der Waals surface area contributed by atoms with Crippen molar-refractivity contribution >= 4 is 57.7 Å². The highest BCUT2D eigenvalue weighted by Gasteiger charge is 2.58. The lowest BCUT2D eigenvalue weighted by Gasteiger charge is -2.36. The number of rotatable bonds is 10. The number of carbonyl (C=O) groups is 2. The van der Waals surface area contributed by atoms with E-state index in [0.29, 0.717) is 41.2 Å². The fraction of sp³-hybridized carbons (Fsp3) is 0.353. The number of ether oxygens (including phenoxy) is 1. The second-order valence-corrected chi connectivity index (χ2v) is 13.9. The number of halogens is 3. The summed E-state index contributed by atoms with van der Waals surface area (Å²) in [5.41, 5.74) is 3.24. The summed E-state index contributed by atoms with van der Waals surface area (Å²) in [4.78, 5) is 36.8. The number of hydrogen-bond donors (Lipinski definition) is 2. The summed E-state index contributed by atoms with van der Waals surface area (Å²) in [5, 5.41) is 4.35. The van der Waals surface area contributed by atoms with Crippen LogP contribution in [0.2, 0.25) is 10.0 Å². The Morgan fingerprint density at radius 2 is 1.84 bits per heavy atom. The molecule has 236 valence electrons. The Hall–Kier alpha value is -3.08. The first-order valence-electron chi connectivity index (χ1n) is 15.1. The number of likely N-dealkylation sites (tertiary alicyclic amines) is 1. The van der Waals surface area contributed by atoms with Gasteiger partial charge in [0, 0.05) is 58.8 Å². The van der Waals surface area contributed by atoms with Crippen molar-refractivity contribution in [3.8, 4) is 0 Å². The number of amides is 2. The quantitative estimate of drug-likeness (QED) is 0.183. The largest absolute Gasteiger partial charge is 0.379 e. The van der Waals surface area contributed by atoms with Gasteiger partial charge < -0.3 is 19.9 Å². The van der Waals surface area contributed by atoms with Gasteiger partial charge in [0.25, 0.3) is 0 Å². The van der Waals surface area contributed by atoms with Crippen LogP contribution in [0.15, 0.2) is 71.8 Å². The van der Waals surface area contributed by atoms with Gasteiger partial charge in [-0.1, -0.05) is 53.0 Å². The number of aryl methyl sites for hydroxylation is 1. The molecule has 0 aliphatic carbocycles. The maximum absolute atomic E-state index is 14.9. The molecule has 2 fully saturated rings. The molecular formula is C34H35Cl2FN4O3S. The van der Waals surface area contributed by atoms with Crippen LogP contribution in [0.25, 0.3) is 10.9 Å². The van der Waals surface area contributed by atoms with Gasteiger partial charge in [0.1, 0.15) is 10.6 Å². The second-order valence-electron chi connectivity index (χ2n) is 11.7. The fourth-order valence-electron chi connectivity index (χ4n) is 6.21. The van der Waals surface area contributed by atoms with Crippen LogP contribution in [0.4, 0.5) is 4.39 Å². The SMILES string of the molecule is Cc1ccc(SC2(C(=O)NCCCN3CCOCC3)CC(=O)N(Cc3ccc(Cl)cc3)C2c2c[nH]c3cc(Cl)c(F)cc23)cc1. The Bertz CT molecular complexity index is 1680. The highest BCUT2D eigenvalue weighted by atomic mass is 35.5. The molecule has 2 aliphatic rings. The van der Waals surface area contributed by atoms with Crippen LogP contribution < -0.4 is 5.32 Å². The summed E-state index contributed by atoms with van der Waals surface area (Å²) in [6.45, 7) is 6.74. The summed E-state index contributed by atoms with van der Waals surface area (Å²) >= 11 is 13.7. The van der Waals surface area contributed by atoms with Crippen LogP contribution in [0.3, 0.4) is 0 Å². The van der Waals surface area contributed by atoms with Gasteiger partial charge in [-0.3, -0.25) is 14.5 Å². The molecule has 1 aromatic heterocycles. The highest BCUT2D eigenvalue weighted by Crippen LogP contribution is 2.54. The number of carbonyl (C=O) groups excluding carboxylic acids is 2. The van der Waals surface area contributed by atoms with Crippen molar-refractivity contribution in [3.05, 3.63) is 99.4 Å². The first-order valence-corrected chi connectivity index (χ1v) is 16.6. The van der Waals surface area contributed by atoms with Gasteiger partial charge in [0.15, 0.2) is 0 Å². The van der Waals surface area contributed by atoms with E-state index in [2.05, 4.69) is 15.2 Å². The van der Waals surface area contributed by atoms with Crippen LogP contribution in [0.5, 0.6) is 0 Å². The van der Waals surface area contributed by atoms with E-state index >= 15 is 0 Å². The summed E-state index contributed by atoms with van der Waals surface area (Å²) in [6.07, 6.45) is 2.51. The Balaban J connectivity index is 1.40. The van der Waals surface area contributed by atoms with Crippen LogP contribution in [-0.4, -0.2) is 70.7 Å². The molecular weight excluding hydrogens is 634 g/mol. The number of nitrogens with zero attached hydrogens (tertiary/aromatic N) is 2. The predicted molar refractivity (Wildman–Crippen MR) is 177 cm³/mol. The zero-order valence-electron chi connectivity index (χ0n) is 25.0. The van der Waals surface area contributed by atoms with E-state index in [1.807, 2.05) is 43.3 Å². The second kappa shape index (κ2) is 13.7. The van der Waals surface area contributed by atoms with E-state index in [-0.39, 0.29) is 29.8 Å². The van der Waals surface area contributed by atoms with Crippen molar-refractivity contribution in [2.45, 2.75) is 42.0 Å². The Kier molecular flexibility index (Phi) is 9.73. The smallest absolute Gasteiger partial charge is 0.239 e. The Morgan fingerprint density at radius 1 is 1.11 bits per heavy atom. The average Bonchev–Trinajstić information content (AvgIpc) is 3.55. The van der Waals surface area contributed by atoms with E-state index in [1.165, 1.54) is 23.9 Å². The molecule has 2 aliphatic heterocycles. The molecule has 11 heteroatoms. The minimum atomic E-state index is -1.25. The van der Waals surface area contributed by atoms with Gasteiger partial charge in [-0.25, -0.2) is 4.39 Å². The van der Waals surface area contributed by atoms with Crippen molar-refractivity contribution in [2.24, 2.45) is 0 Å². The lowest BCUT2D eigenvalue weighted by molar-refractivity contribution is -0.129. The van der Waals surface area contributed by atoms with Gasteiger partial charge >= 0.3 is 0 Å². The van der Waals surface area contributed by atoms with Crippen LogP contribution in [0, 0.1) is 12.7 Å². The van der Waals surface area contributed by atoms with Crippen LogP contribution in [0.1, 0.15) is 35.6 Å². The zero-order chi connectivity index (χ0) is 31.6. The summed E-state index contributed by atoms with van der Waals surface area (Å²) in [6, 6.07) is 17.5. The Labute approximate surface area is 276 Å². The number of benzene rings is 3. The molecule has 0 bridgehead atoms. The molecule has 2 saturated heterocycles. The third kappa shape index (κ3) is 6.88. The number of hydrogen-bond acceptors (Lipinski definition) is 5. The molecule has 6 rings (SSSR count). The number of thioether (sulfide) groups is 1. The number of morpholine rings is 1. The number of fused-ring (bicyclic) bond motifs is 1. The molecule has 0 radical (unpaired) electrons. The number of H-pyrrole nitrogens is 1. The maximum Gasteiger partial charge on any atom is 0.239 e. The maximum atomic E-state index is 14.9. The highest BCUT2D eigenvalue weighted by molar-refractivity contribution is 8.01. The van der Waals surface area contributed by atoms with E-state index < -0.39 is 16.6 Å². The van der Waals surface area contributed by atoms with Crippen molar-refractivity contribution in [3.63, 3.8) is 0 Å². The fourth-order valence-corrected chi connectivity index (χ4v) is 7.92. The molecule has 7 nitrogen and oxygen atoms in total. The monoisotopic (exact) mass is 668 g/mol. The molecule has 45 heavy (non-hydrogen) atoms. The zero-order valence-corrected chi connectivity index (χ0v) is 27.3. The number of aromatic nitrogens is 1. The van der Waals surface area contributed by atoms with Crippen molar-refractivity contribution < 1.29 is 18.7 Å². The van der Waals surface area contributed by atoms with E-state index in [0.717, 1.165) is 42.1 Å². The summed E-state index contributed by atoms with van der Waals surface area (Å²) in [5.74, 6) is -0.958. The predicted octanol–water partition coefficient (Wildman–Crippen LogP) is 6.77. The van der Waals surface area contributed by atoms with Crippen molar-refractivity contribution in [1.82, 2.24) is 20.1 Å². The summed E-state index contributed by atoms with van der Waals surface area (Å²) < 4.78 is 19.1. The normalized spacial score (nSPS) is 20.7. The van der Waals surface area contributed by atoms with Gasteiger partial charge in [-0.15, -0.1) is 11.8 Å². The van der Waals surface area contributed by atoms with Gasteiger partial charge in [0.2, 0.25) is 11.8 Å². The van der Waals surface area contributed by atoms with Gasteiger partial charge in [-0.2, -0.15) is 0 Å². The molecule has 2 N–H and O–H groups in total. The minimum Gasteiger partial charge on any atom is -0.379 e. The molecule has 0 spiro atoms. The molecule has 3 aromatic carbocycles.